The van der Waals surface area contributed by atoms with Gasteiger partial charge in [-0.2, -0.15) is 0 Å². The summed E-state index contributed by atoms with van der Waals surface area (Å²) in [5, 5.41) is 7.00. The van der Waals surface area contributed by atoms with Crippen LogP contribution < -0.4 is 29.6 Å². The summed E-state index contributed by atoms with van der Waals surface area (Å²) in [6.45, 7) is 0. The molecular weight excluding hydrogens is 179 g/mol. The van der Waals surface area contributed by atoms with E-state index >= 15 is 0 Å². The van der Waals surface area contributed by atoms with Crippen molar-refractivity contribution in [2.45, 2.75) is 7.43 Å². The van der Waals surface area contributed by atoms with Crippen LogP contribution in [0.25, 0.3) is 0 Å². The van der Waals surface area contributed by atoms with Gasteiger partial charge in [-0.05, 0) is 0 Å². The molecule has 0 aliphatic heterocycles. The van der Waals surface area contributed by atoms with Gasteiger partial charge in [0.1, 0.15) is 0 Å². The number of rotatable bonds is 1. The fourth-order valence-corrected chi connectivity index (χ4v) is 0. The van der Waals surface area contributed by atoms with Crippen LogP contribution in [0.1, 0.15) is 7.43 Å². The average Bonchev–Trinajstić information content (AvgIpc) is 1.35. The van der Waals surface area contributed by atoms with Gasteiger partial charge in [0, 0.05) is 0 Å². The van der Waals surface area contributed by atoms with E-state index in [4.69, 9.17) is 18.2 Å². The smallest absolute Gasteiger partial charge is 0.724 e. The molecule has 10 heavy (non-hydrogen) atoms. The number of hydrogen-bond acceptors (Lipinski definition) is 5. The van der Waals surface area contributed by atoms with Crippen LogP contribution in [0, 0.1) is 0 Å². The van der Waals surface area contributed by atoms with Gasteiger partial charge in [-0.25, -0.2) is 13.7 Å². The maximum Gasteiger partial charge on any atom is 1.00 e. The van der Waals surface area contributed by atoms with Gasteiger partial charge in [0.25, 0.3) is 0 Å². The first-order valence-corrected chi connectivity index (χ1v) is 2.18. The summed E-state index contributed by atoms with van der Waals surface area (Å²) in [6, 6.07) is 0. The second-order valence-corrected chi connectivity index (χ2v) is 1.45. The van der Waals surface area contributed by atoms with E-state index in [2.05, 4.69) is 4.33 Å². The van der Waals surface area contributed by atoms with Crippen molar-refractivity contribution < 1.29 is 63.1 Å². The second-order valence-electron chi connectivity index (χ2n) is 0.483. The zero-order valence-corrected chi connectivity index (χ0v) is 7.30. The summed E-state index contributed by atoms with van der Waals surface area (Å²) >= 11 is 0. The minimum absolute atomic E-state index is 0. The normalized spacial score (nSPS) is 7.00. The van der Waals surface area contributed by atoms with E-state index in [0.717, 1.165) is 0 Å². The van der Waals surface area contributed by atoms with E-state index in [1.165, 1.54) is 0 Å². The summed E-state index contributed by atoms with van der Waals surface area (Å²) < 4.78 is 29.3. The summed E-state index contributed by atoms with van der Waals surface area (Å²) in [5.41, 5.74) is 0. The molecule has 0 aromatic carbocycles. The van der Waals surface area contributed by atoms with Crippen molar-refractivity contribution in [3.63, 3.8) is 0 Å². The van der Waals surface area contributed by atoms with Crippen LogP contribution in [0.4, 0.5) is 0 Å². The summed E-state index contributed by atoms with van der Waals surface area (Å²) in [7, 11) is -4.86. The van der Waals surface area contributed by atoms with E-state index in [0.29, 0.717) is 0 Å². The first kappa shape index (κ1) is 30.9. The topological polar surface area (TPSA) is 150 Å². The Balaban J connectivity index is -0.0000000208. The van der Waals surface area contributed by atoms with E-state index in [1.807, 2.05) is 0 Å². The molecule has 0 saturated carbocycles. The zero-order chi connectivity index (χ0) is 5.21. The molecule has 0 aliphatic rings. The van der Waals surface area contributed by atoms with Gasteiger partial charge in [-0.1, -0.05) is 7.43 Å². The predicted molar refractivity (Wildman–Crippen MR) is 27.4 cm³/mol. The molecule has 0 atom stereocenters. The average molecular weight is 188 g/mol. The summed E-state index contributed by atoms with van der Waals surface area (Å²) in [4.78, 5) is 0. The standard InChI is InChI=1S/CH4.Na.H2O5S.2H2O/c;;1-5-6(2,3)4;;/h1H4;;1H,(H,2,3,4);2*1H2/q;+1;;;/p-1. The quantitative estimate of drug-likeness (QED) is 0.143. The second kappa shape index (κ2) is 12.4. The van der Waals surface area contributed by atoms with Gasteiger partial charge in [-0.15, -0.1) is 4.33 Å². The molecule has 0 rings (SSSR count). The Hall–Kier alpha value is 0.750. The molecule has 0 aliphatic carbocycles. The van der Waals surface area contributed by atoms with Crippen molar-refractivity contribution in [2.24, 2.45) is 0 Å². The molecule has 0 amide bonds. The van der Waals surface area contributed by atoms with Crippen molar-refractivity contribution >= 4 is 10.4 Å². The maximum atomic E-state index is 8.97. The van der Waals surface area contributed by atoms with Crippen LogP contribution in [0.5, 0.6) is 0 Å². The molecule has 9 heteroatoms. The molecule has 0 spiro atoms. The van der Waals surface area contributed by atoms with Gasteiger partial charge in [0.2, 0.25) is 10.4 Å². The SMILES string of the molecule is C.O.O.O=S(=O)([O-])OO.[Na+]. The Morgan fingerprint density at radius 2 is 1.40 bits per heavy atom. The van der Waals surface area contributed by atoms with E-state index in [9.17, 15) is 0 Å². The van der Waals surface area contributed by atoms with Gasteiger partial charge < -0.3 is 15.5 Å². The van der Waals surface area contributed by atoms with E-state index < -0.39 is 10.4 Å². The van der Waals surface area contributed by atoms with Crippen LogP contribution in [-0.4, -0.2) is 29.2 Å². The Morgan fingerprint density at radius 3 is 1.40 bits per heavy atom. The van der Waals surface area contributed by atoms with E-state index in [1.54, 1.807) is 0 Å². The molecule has 0 unspecified atom stereocenters. The molecular formula is CH9NaO7S. The Bertz CT molecular complexity index is 116. The molecule has 0 bridgehead atoms. The van der Waals surface area contributed by atoms with Crippen LogP contribution in [0.3, 0.4) is 0 Å². The monoisotopic (exact) mass is 188 g/mol. The Morgan fingerprint density at radius 1 is 1.30 bits per heavy atom. The fourth-order valence-electron chi connectivity index (χ4n) is 0. The van der Waals surface area contributed by atoms with Crippen molar-refractivity contribution in [1.82, 2.24) is 0 Å². The van der Waals surface area contributed by atoms with Crippen molar-refractivity contribution in [3.8, 4) is 0 Å². The van der Waals surface area contributed by atoms with Crippen molar-refractivity contribution in [1.29, 1.82) is 0 Å². The van der Waals surface area contributed by atoms with E-state index in [-0.39, 0.29) is 47.9 Å². The molecule has 0 radical (unpaired) electrons. The molecule has 0 fully saturated rings. The third kappa shape index (κ3) is 37.4. The third-order valence-corrected chi connectivity index (χ3v) is 0.274. The summed E-state index contributed by atoms with van der Waals surface area (Å²) in [6.07, 6.45) is 0. The maximum absolute atomic E-state index is 8.97. The molecule has 5 N–H and O–H groups in total. The molecule has 62 valence electrons. The van der Waals surface area contributed by atoms with Crippen LogP contribution in [0.15, 0.2) is 0 Å². The van der Waals surface area contributed by atoms with Gasteiger partial charge >= 0.3 is 29.6 Å². The molecule has 7 nitrogen and oxygen atoms in total. The van der Waals surface area contributed by atoms with Crippen LogP contribution >= 0.6 is 0 Å². The van der Waals surface area contributed by atoms with Gasteiger partial charge in [0.15, 0.2) is 0 Å². The predicted octanol–water partition coefficient (Wildman–Crippen LogP) is -5.07. The number of hydrogen-bond donors (Lipinski definition) is 1. The first-order chi connectivity index (χ1) is 2.56. The molecule has 0 aromatic rings. The summed E-state index contributed by atoms with van der Waals surface area (Å²) in [5.74, 6) is 0. The Labute approximate surface area is 80.8 Å². The minimum atomic E-state index is -4.86. The van der Waals surface area contributed by atoms with Gasteiger partial charge in [-0.3, -0.25) is 0 Å². The fraction of sp³-hybridized carbons (Fsp3) is 1.00. The molecule has 0 saturated heterocycles. The van der Waals surface area contributed by atoms with Crippen molar-refractivity contribution in [3.05, 3.63) is 0 Å². The van der Waals surface area contributed by atoms with Gasteiger partial charge in [0.05, 0.1) is 0 Å². The molecule has 0 heterocycles. The first-order valence-electron chi connectivity index (χ1n) is 0.849. The molecule has 0 aromatic heterocycles. The minimum Gasteiger partial charge on any atom is -0.724 e. The zero-order valence-electron chi connectivity index (χ0n) is 4.49. The van der Waals surface area contributed by atoms with Crippen LogP contribution in [-0.2, 0) is 14.7 Å². The Kier molecular flexibility index (Phi) is 38.4. The van der Waals surface area contributed by atoms with Crippen LogP contribution in [0.2, 0.25) is 0 Å². The van der Waals surface area contributed by atoms with Crippen molar-refractivity contribution in [2.75, 3.05) is 0 Å². The third-order valence-electron chi connectivity index (χ3n) is 0.0913. The largest absolute Gasteiger partial charge is 1.00 e.